The Morgan fingerprint density at radius 2 is 2.40 bits per heavy atom. The third-order valence-electron chi connectivity index (χ3n) is 1.89. The highest BCUT2D eigenvalue weighted by Crippen LogP contribution is 2.15. The first-order chi connectivity index (χ1) is 7.18. The minimum absolute atomic E-state index is 0.129. The molecule has 6 heteroatoms. The van der Waals surface area contributed by atoms with Crippen LogP contribution in [-0.4, -0.2) is 20.3 Å². The molecule has 0 bridgehead atoms. The number of hydrogen-bond donors (Lipinski definition) is 0. The van der Waals surface area contributed by atoms with Gasteiger partial charge in [0, 0.05) is 19.3 Å². The predicted octanol–water partition coefficient (Wildman–Crippen LogP) is 1.45. The van der Waals surface area contributed by atoms with Crippen LogP contribution >= 0.6 is 11.6 Å². The highest BCUT2D eigenvalue weighted by molar-refractivity contribution is 6.32. The average Bonchev–Trinajstić information content (AvgIpc) is 2.59. The molecule has 0 aromatic carbocycles. The average molecular weight is 226 g/mol. The van der Waals surface area contributed by atoms with Crippen molar-refractivity contribution in [1.82, 2.24) is 14.4 Å². The Hall–Kier alpha value is -1.62. The van der Waals surface area contributed by atoms with Gasteiger partial charge in [0.15, 0.2) is 11.0 Å². The summed E-state index contributed by atoms with van der Waals surface area (Å²) >= 11 is 5.85. The molecule has 0 atom stereocenters. The summed E-state index contributed by atoms with van der Waals surface area (Å²) < 4.78 is 6.58. The molecular formula is C9H8ClN3O2. The summed E-state index contributed by atoms with van der Waals surface area (Å²) in [5.74, 6) is 0.274. The minimum Gasteiger partial charge on any atom is -0.458 e. The highest BCUT2D eigenvalue weighted by atomic mass is 35.5. The summed E-state index contributed by atoms with van der Waals surface area (Å²) in [5, 5.41) is 0.374. The molecule has 0 unspecified atom stereocenters. The van der Waals surface area contributed by atoms with E-state index in [-0.39, 0.29) is 12.6 Å². The number of carbonyl (C=O) groups excluding carboxylic acids is 1. The van der Waals surface area contributed by atoms with Crippen molar-refractivity contribution in [2.45, 2.75) is 13.5 Å². The second-order valence-electron chi connectivity index (χ2n) is 2.93. The summed E-state index contributed by atoms with van der Waals surface area (Å²) in [5.41, 5.74) is 0.696. The van der Waals surface area contributed by atoms with Crippen LogP contribution in [0.2, 0.25) is 5.15 Å². The fourth-order valence-electron chi connectivity index (χ4n) is 1.22. The Bertz CT molecular complexity index is 509. The first-order valence-electron chi connectivity index (χ1n) is 4.28. The molecule has 0 fully saturated rings. The normalized spacial score (nSPS) is 10.5. The van der Waals surface area contributed by atoms with E-state index in [2.05, 4.69) is 9.97 Å². The lowest BCUT2D eigenvalue weighted by Gasteiger charge is -2.01. The fraction of sp³-hybridized carbons (Fsp3) is 0.222. The Labute approximate surface area is 90.7 Å². The fourth-order valence-corrected chi connectivity index (χ4v) is 1.42. The molecule has 15 heavy (non-hydrogen) atoms. The van der Waals surface area contributed by atoms with Gasteiger partial charge in [0.1, 0.15) is 12.1 Å². The van der Waals surface area contributed by atoms with Crippen LogP contribution in [-0.2, 0) is 16.1 Å². The Morgan fingerprint density at radius 3 is 3.13 bits per heavy atom. The molecule has 0 radical (unpaired) electrons. The molecule has 0 N–H and O–H groups in total. The third-order valence-corrected chi connectivity index (χ3v) is 2.18. The standard InChI is InChI=1S/C9H8ClN3O2/c1-6(14)15-5-8-12-4-7-9(10)11-2-3-13(7)8/h2-4H,5H2,1H3. The molecule has 0 amide bonds. The van der Waals surface area contributed by atoms with Crippen molar-refractivity contribution >= 4 is 23.1 Å². The van der Waals surface area contributed by atoms with Gasteiger partial charge in [-0.25, -0.2) is 9.97 Å². The van der Waals surface area contributed by atoms with Gasteiger partial charge in [0.05, 0.1) is 6.20 Å². The maximum Gasteiger partial charge on any atom is 0.303 e. The van der Waals surface area contributed by atoms with E-state index in [4.69, 9.17) is 16.3 Å². The molecule has 2 aromatic rings. The highest BCUT2D eigenvalue weighted by Gasteiger charge is 2.07. The van der Waals surface area contributed by atoms with Gasteiger partial charge in [-0.3, -0.25) is 9.20 Å². The van der Waals surface area contributed by atoms with Gasteiger partial charge in [-0.15, -0.1) is 0 Å². The topological polar surface area (TPSA) is 56.5 Å². The number of aromatic nitrogens is 3. The smallest absolute Gasteiger partial charge is 0.303 e. The zero-order valence-electron chi connectivity index (χ0n) is 7.98. The second-order valence-corrected chi connectivity index (χ2v) is 3.29. The number of fused-ring (bicyclic) bond motifs is 1. The maximum atomic E-state index is 10.6. The van der Waals surface area contributed by atoms with Gasteiger partial charge in [-0.2, -0.15) is 0 Å². The molecule has 2 rings (SSSR count). The largest absolute Gasteiger partial charge is 0.458 e. The summed E-state index contributed by atoms with van der Waals surface area (Å²) in [4.78, 5) is 18.6. The number of nitrogens with zero attached hydrogens (tertiary/aromatic N) is 3. The van der Waals surface area contributed by atoms with Crippen molar-refractivity contribution in [1.29, 1.82) is 0 Å². The summed E-state index contributed by atoms with van der Waals surface area (Å²) in [6, 6.07) is 0. The SMILES string of the molecule is CC(=O)OCc1ncc2c(Cl)nccn12. The Balaban J connectivity index is 2.37. The zero-order valence-corrected chi connectivity index (χ0v) is 8.73. The van der Waals surface area contributed by atoms with E-state index in [0.29, 0.717) is 16.5 Å². The van der Waals surface area contributed by atoms with Crippen molar-refractivity contribution < 1.29 is 9.53 Å². The van der Waals surface area contributed by atoms with Crippen molar-refractivity contribution in [3.63, 3.8) is 0 Å². The molecule has 2 heterocycles. The minimum atomic E-state index is -0.341. The summed E-state index contributed by atoms with van der Waals surface area (Å²) in [6.07, 6.45) is 4.87. The molecule has 0 spiro atoms. The van der Waals surface area contributed by atoms with E-state index in [1.54, 1.807) is 23.0 Å². The second kappa shape index (κ2) is 3.86. The quantitative estimate of drug-likeness (QED) is 0.726. The lowest BCUT2D eigenvalue weighted by atomic mass is 10.5. The molecule has 0 aliphatic heterocycles. The van der Waals surface area contributed by atoms with Gasteiger partial charge in [-0.1, -0.05) is 11.6 Å². The van der Waals surface area contributed by atoms with Crippen LogP contribution in [0.15, 0.2) is 18.6 Å². The molecular weight excluding hydrogens is 218 g/mol. The van der Waals surface area contributed by atoms with Crippen molar-refractivity contribution in [2.75, 3.05) is 0 Å². The number of carbonyl (C=O) groups is 1. The van der Waals surface area contributed by atoms with Crippen LogP contribution in [0.3, 0.4) is 0 Å². The van der Waals surface area contributed by atoms with Gasteiger partial charge < -0.3 is 4.74 Å². The molecule has 0 aliphatic carbocycles. The number of esters is 1. The van der Waals surface area contributed by atoms with E-state index < -0.39 is 0 Å². The van der Waals surface area contributed by atoms with Crippen molar-refractivity contribution in [2.24, 2.45) is 0 Å². The molecule has 0 saturated carbocycles. The third kappa shape index (κ3) is 1.92. The number of ether oxygens (including phenoxy) is 1. The van der Waals surface area contributed by atoms with E-state index >= 15 is 0 Å². The Morgan fingerprint density at radius 1 is 1.60 bits per heavy atom. The van der Waals surface area contributed by atoms with Gasteiger partial charge in [-0.05, 0) is 0 Å². The van der Waals surface area contributed by atoms with E-state index in [1.165, 1.54) is 6.92 Å². The van der Waals surface area contributed by atoms with E-state index in [0.717, 1.165) is 0 Å². The number of imidazole rings is 1. The van der Waals surface area contributed by atoms with Crippen LogP contribution in [0.25, 0.3) is 5.52 Å². The zero-order chi connectivity index (χ0) is 10.8. The lowest BCUT2D eigenvalue weighted by Crippen LogP contribution is -2.03. The van der Waals surface area contributed by atoms with Crippen LogP contribution in [0.5, 0.6) is 0 Å². The number of hydrogen-bond acceptors (Lipinski definition) is 4. The first-order valence-corrected chi connectivity index (χ1v) is 4.66. The number of halogens is 1. The molecule has 78 valence electrons. The summed E-state index contributed by atoms with van der Waals surface area (Å²) in [6.45, 7) is 1.48. The molecule has 0 aliphatic rings. The maximum absolute atomic E-state index is 10.6. The van der Waals surface area contributed by atoms with E-state index in [9.17, 15) is 4.79 Å². The number of rotatable bonds is 2. The van der Waals surface area contributed by atoms with Crippen LogP contribution in [0.1, 0.15) is 12.7 Å². The molecule has 5 nitrogen and oxygen atoms in total. The first kappa shape index (κ1) is 9.92. The molecule has 2 aromatic heterocycles. The van der Waals surface area contributed by atoms with Crippen LogP contribution in [0.4, 0.5) is 0 Å². The lowest BCUT2D eigenvalue weighted by molar-refractivity contribution is -0.142. The van der Waals surface area contributed by atoms with Crippen molar-refractivity contribution in [3.8, 4) is 0 Å². The Kier molecular flexibility index (Phi) is 2.55. The van der Waals surface area contributed by atoms with Gasteiger partial charge in [0.2, 0.25) is 0 Å². The van der Waals surface area contributed by atoms with Crippen LogP contribution < -0.4 is 0 Å². The summed E-state index contributed by atoms with van der Waals surface area (Å²) in [7, 11) is 0. The van der Waals surface area contributed by atoms with Crippen molar-refractivity contribution in [3.05, 3.63) is 29.6 Å². The monoisotopic (exact) mass is 225 g/mol. The molecule has 0 saturated heterocycles. The predicted molar refractivity (Wildman–Crippen MR) is 53.5 cm³/mol. The van der Waals surface area contributed by atoms with E-state index in [1.807, 2.05) is 0 Å². The van der Waals surface area contributed by atoms with Crippen LogP contribution in [0, 0.1) is 0 Å². The van der Waals surface area contributed by atoms with Gasteiger partial charge >= 0.3 is 5.97 Å². The van der Waals surface area contributed by atoms with Gasteiger partial charge in [0.25, 0.3) is 0 Å².